The van der Waals surface area contributed by atoms with Gasteiger partial charge in [0.25, 0.3) is 0 Å². The highest BCUT2D eigenvalue weighted by atomic mass is 32.1. The molecule has 96 valence electrons. The van der Waals surface area contributed by atoms with Gasteiger partial charge >= 0.3 is 0 Å². The summed E-state index contributed by atoms with van der Waals surface area (Å²) in [7, 11) is 0. The molecule has 0 bridgehead atoms. The molecular weight excluding hydrogens is 228 g/mol. The highest BCUT2D eigenvalue weighted by Gasteiger charge is 2.22. The third-order valence-corrected chi connectivity index (χ3v) is 4.95. The lowest BCUT2D eigenvalue weighted by molar-refractivity contribution is 0.155. The van der Waals surface area contributed by atoms with E-state index in [0.29, 0.717) is 12.0 Å². The van der Waals surface area contributed by atoms with Gasteiger partial charge in [0.05, 0.1) is 0 Å². The van der Waals surface area contributed by atoms with Crippen molar-refractivity contribution in [3.63, 3.8) is 0 Å². The summed E-state index contributed by atoms with van der Waals surface area (Å²) in [6, 6.07) is 4.90. The smallest absolute Gasteiger partial charge is 0.0328 e. The Morgan fingerprint density at radius 2 is 2.24 bits per heavy atom. The van der Waals surface area contributed by atoms with Crippen molar-refractivity contribution in [2.24, 2.45) is 11.7 Å². The van der Waals surface area contributed by atoms with E-state index in [0.717, 1.165) is 13.0 Å². The zero-order chi connectivity index (χ0) is 12.3. The van der Waals surface area contributed by atoms with Crippen molar-refractivity contribution in [1.29, 1.82) is 0 Å². The second kappa shape index (κ2) is 5.98. The Morgan fingerprint density at radius 3 is 2.88 bits per heavy atom. The topological polar surface area (TPSA) is 29.3 Å². The van der Waals surface area contributed by atoms with E-state index in [1.165, 1.54) is 35.7 Å². The molecule has 2 rings (SSSR count). The molecule has 2 heterocycles. The first-order chi connectivity index (χ1) is 8.19. The minimum absolute atomic E-state index is 0.340. The fourth-order valence-corrected chi connectivity index (χ4v) is 3.58. The lowest BCUT2D eigenvalue weighted by atomic mass is 9.92. The zero-order valence-electron chi connectivity index (χ0n) is 11.0. The fraction of sp³-hybridized carbons (Fsp3) is 0.714. The monoisotopic (exact) mass is 252 g/mol. The van der Waals surface area contributed by atoms with Gasteiger partial charge in [0.15, 0.2) is 0 Å². The van der Waals surface area contributed by atoms with E-state index in [4.69, 9.17) is 5.73 Å². The number of thiophene rings is 1. The van der Waals surface area contributed by atoms with Crippen molar-refractivity contribution in [1.82, 2.24) is 4.90 Å². The van der Waals surface area contributed by atoms with Crippen molar-refractivity contribution in [3.05, 3.63) is 21.9 Å². The van der Waals surface area contributed by atoms with E-state index in [9.17, 15) is 0 Å². The van der Waals surface area contributed by atoms with Crippen LogP contribution in [0.1, 0.15) is 36.4 Å². The lowest BCUT2D eigenvalue weighted by Crippen LogP contribution is -2.41. The van der Waals surface area contributed by atoms with Crippen LogP contribution >= 0.6 is 11.3 Å². The quantitative estimate of drug-likeness (QED) is 0.893. The van der Waals surface area contributed by atoms with E-state index in [1.54, 1.807) is 0 Å². The molecule has 0 spiro atoms. The molecule has 17 heavy (non-hydrogen) atoms. The average molecular weight is 252 g/mol. The Bertz CT molecular complexity index is 346. The van der Waals surface area contributed by atoms with Gasteiger partial charge in [-0.05, 0) is 50.8 Å². The van der Waals surface area contributed by atoms with Crippen molar-refractivity contribution in [2.75, 3.05) is 13.1 Å². The van der Waals surface area contributed by atoms with Crippen LogP contribution in [-0.2, 0) is 13.0 Å². The van der Waals surface area contributed by atoms with Gasteiger partial charge in [-0.1, -0.05) is 6.92 Å². The first kappa shape index (κ1) is 13.1. The van der Waals surface area contributed by atoms with Gasteiger partial charge in [0, 0.05) is 28.9 Å². The summed E-state index contributed by atoms with van der Waals surface area (Å²) in [6.45, 7) is 7.91. The summed E-state index contributed by atoms with van der Waals surface area (Å²) < 4.78 is 0. The predicted octanol–water partition coefficient (Wildman–Crippen LogP) is 2.87. The molecule has 0 amide bonds. The van der Waals surface area contributed by atoms with Gasteiger partial charge in [0.1, 0.15) is 0 Å². The van der Waals surface area contributed by atoms with E-state index in [2.05, 4.69) is 30.9 Å². The molecule has 2 N–H and O–H groups in total. The summed E-state index contributed by atoms with van der Waals surface area (Å²) in [5, 5.41) is 0. The summed E-state index contributed by atoms with van der Waals surface area (Å²) in [5.74, 6) is 0.689. The summed E-state index contributed by atoms with van der Waals surface area (Å²) in [6.07, 6.45) is 3.77. The second-order valence-electron chi connectivity index (χ2n) is 5.22. The van der Waals surface area contributed by atoms with Crippen molar-refractivity contribution >= 4 is 11.3 Å². The number of rotatable bonds is 4. The van der Waals surface area contributed by atoms with Crippen LogP contribution in [0.15, 0.2) is 12.1 Å². The molecule has 0 aliphatic carbocycles. The largest absolute Gasteiger partial charge is 0.328 e. The van der Waals surface area contributed by atoms with Crippen molar-refractivity contribution in [2.45, 2.75) is 45.7 Å². The van der Waals surface area contributed by atoms with Crippen LogP contribution in [0.3, 0.4) is 0 Å². The third-order valence-electron chi connectivity index (χ3n) is 3.73. The fourth-order valence-electron chi connectivity index (χ4n) is 2.58. The summed E-state index contributed by atoms with van der Waals surface area (Å²) in [4.78, 5) is 5.58. The second-order valence-corrected chi connectivity index (χ2v) is 6.47. The van der Waals surface area contributed by atoms with Crippen molar-refractivity contribution in [3.8, 4) is 0 Å². The molecule has 2 unspecified atom stereocenters. The summed E-state index contributed by atoms with van der Waals surface area (Å²) >= 11 is 1.96. The van der Waals surface area contributed by atoms with Crippen LogP contribution in [0.5, 0.6) is 0 Å². The van der Waals surface area contributed by atoms with Crippen LogP contribution in [0, 0.1) is 5.92 Å². The van der Waals surface area contributed by atoms with Gasteiger partial charge in [-0.15, -0.1) is 11.3 Å². The highest BCUT2D eigenvalue weighted by molar-refractivity contribution is 7.11. The normalized spacial score (nSPS) is 23.8. The van der Waals surface area contributed by atoms with Gasteiger partial charge in [-0.3, -0.25) is 4.90 Å². The maximum Gasteiger partial charge on any atom is 0.0328 e. The van der Waals surface area contributed by atoms with E-state index >= 15 is 0 Å². The number of nitrogens with zero attached hydrogens (tertiary/aromatic N) is 1. The standard InChI is InChI=1S/C14H24N2S/c1-3-13-6-7-14(17-13)10-16-8-4-5-12(9-16)11(2)15/h6-7,11-12H,3-5,8-10,15H2,1-2H3. The van der Waals surface area contributed by atoms with Crippen molar-refractivity contribution < 1.29 is 0 Å². The Kier molecular flexibility index (Phi) is 4.60. The molecule has 0 radical (unpaired) electrons. The molecule has 2 atom stereocenters. The minimum Gasteiger partial charge on any atom is -0.328 e. The molecule has 1 aromatic rings. The third kappa shape index (κ3) is 3.54. The van der Waals surface area contributed by atoms with Gasteiger partial charge in [-0.25, -0.2) is 0 Å². The molecule has 0 saturated carbocycles. The SMILES string of the molecule is CCc1ccc(CN2CCCC(C(C)N)C2)s1. The molecule has 0 aromatic carbocycles. The molecule has 1 aliphatic heterocycles. The first-order valence-electron chi connectivity index (χ1n) is 6.74. The summed E-state index contributed by atoms with van der Waals surface area (Å²) in [5.41, 5.74) is 6.02. The predicted molar refractivity (Wildman–Crippen MR) is 75.3 cm³/mol. The molecule has 1 aliphatic rings. The van der Waals surface area contributed by atoms with Crippen LogP contribution in [0.25, 0.3) is 0 Å². The highest BCUT2D eigenvalue weighted by Crippen LogP contribution is 2.23. The number of piperidine rings is 1. The van der Waals surface area contributed by atoms with Crippen LogP contribution in [-0.4, -0.2) is 24.0 Å². The van der Waals surface area contributed by atoms with Crippen LogP contribution in [0.4, 0.5) is 0 Å². The Morgan fingerprint density at radius 1 is 1.47 bits per heavy atom. The molecule has 1 saturated heterocycles. The number of hydrogen-bond donors (Lipinski definition) is 1. The minimum atomic E-state index is 0.340. The van der Waals surface area contributed by atoms with Crippen LogP contribution < -0.4 is 5.73 Å². The van der Waals surface area contributed by atoms with Gasteiger partial charge in [-0.2, -0.15) is 0 Å². The Balaban J connectivity index is 1.90. The maximum atomic E-state index is 6.02. The number of hydrogen-bond acceptors (Lipinski definition) is 3. The van der Waals surface area contributed by atoms with E-state index in [-0.39, 0.29) is 0 Å². The molecular formula is C14H24N2S. The average Bonchev–Trinajstić information content (AvgIpc) is 2.77. The number of aryl methyl sites for hydroxylation is 1. The first-order valence-corrected chi connectivity index (χ1v) is 7.56. The van der Waals surface area contributed by atoms with Crippen LogP contribution in [0.2, 0.25) is 0 Å². The van der Waals surface area contributed by atoms with Gasteiger partial charge < -0.3 is 5.73 Å². The Hall–Kier alpha value is -0.380. The van der Waals surface area contributed by atoms with E-state index in [1.807, 2.05) is 11.3 Å². The molecule has 1 fully saturated rings. The number of nitrogens with two attached hydrogens (primary N) is 1. The molecule has 3 heteroatoms. The zero-order valence-corrected chi connectivity index (χ0v) is 11.8. The number of likely N-dealkylation sites (tertiary alicyclic amines) is 1. The molecule has 1 aromatic heterocycles. The Labute approximate surface area is 109 Å². The maximum absolute atomic E-state index is 6.02. The van der Waals surface area contributed by atoms with Gasteiger partial charge in [0.2, 0.25) is 0 Å². The molecule has 2 nitrogen and oxygen atoms in total. The van der Waals surface area contributed by atoms with E-state index < -0.39 is 0 Å². The lowest BCUT2D eigenvalue weighted by Gasteiger charge is -2.34.